The average Bonchev–Trinajstić information content (AvgIpc) is 2.96. The summed E-state index contributed by atoms with van der Waals surface area (Å²) in [5.41, 5.74) is 2.56. The summed E-state index contributed by atoms with van der Waals surface area (Å²) in [6.45, 7) is 0. The number of aromatic nitrogens is 4. The van der Waals surface area contributed by atoms with Gasteiger partial charge in [-0.25, -0.2) is 0 Å². The Morgan fingerprint density at radius 2 is 1.91 bits per heavy atom. The number of rotatable bonds is 2. The van der Waals surface area contributed by atoms with Crippen LogP contribution in [0.5, 0.6) is 5.75 Å². The molecule has 4 aromatic rings. The van der Waals surface area contributed by atoms with Crippen molar-refractivity contribution in [1.82, 2.24) is 19.7 Å². The zero-order chi connectivity index (χ0) is 15.8. The number of H-pyrrole nitrogens is 1. The monoisotopic (exact) mass is 320 g/mol. The van der Waals surface area contributed by atoms with Gasteiger partial charge < -0.3 is 5.11 Å². The van der Waals surface area contributed by atoms with Gasteiger partial charge in [-0.2, -0.15) is 5.10 Å². The van der Waals surface area contributed by atoms with Crippen LogP contribution in [-0.2, 0) is 0 Å². The zero-order valence-electron chi connectivity index (χ0n) is 12.0. The van der Waals surface area contributed by atoms with Crippen molar-refractivity contribution >= 4 is 23.1 Å². The van der Waals surface area contributed by atoms with Gasteiger partial charge in [0, 0.05) is 17.1 Å². The Bertz CT molecular complexity index is 1060. The Kier molecular flexibility index (Phi) is 3.17. The summed E-state index contributed by atoms with van der Waals surface area (Å²) in [6.07, 6.45) is 1.76. The fourth-order valence-electron chi connectivity index (χ4n) is 2.64. The number of aromatic hydroxyl groups is 1. The molecule has 2 heterocycles. The topological polar surface area (TPSA) is 66.7 Å². The first kappa shape index (κ1) is 13.7. The molecule has 0 bridgehead atoms. The van der Waals surface area contributed by atoms with E-state index in [1.165, 1.54) is 0 Å². The highest BCUT2D eigenvalue weighted by Crippen LogP contribution is 2.27. The van der Waals surface area contributed by atoms with Gasteiger partial charge in [0.1, 0.15) is 5.75 Å². The first-order chi connectivity index (χ1) is 11.2. The van der Waals surface area contributed by atoms with Crippen LogP contribution in [0.2, 0.25) is 0 Å². The largest absolute Gasteiger partial charge is 0.508 e. The Morgan fingerprint density at radius 1 is 1.04 bits per heavy atom. The van der Waals surface area contributed by atoms with E-state index in [0.29, 0.717) is 10.6 Å². The van der Waals surface area contributed by atoms with Crippen LogP contribution >= 0.6 is 12.2 Å². The highest BCUT2D eigenvalue weighted by molar-refractivity contribution is 7.71. The van der Waals surface area contributed by atoms with Crippen LogP contribution in [-0.4, -0.2) is 24.9 Å². The Balaban J connectivity index is 2.03. The average molecular weight is 320 g/mol. The molecular weight excluding hydrogens is 308 g/mol. The molecule has 0 unspecified atom stereocenters. The summed E-state index contributed by atoms with van der Waals surface area (Å²) in [5, 5.41) is 17.9. The molecular formula is C17H12N4OS. The lowest BCUT2D eigenvalue weighted by Crippen LogP contribution is -1.99. The van der Waals surface area contributed by atoms with Gasteiger partial charge in [-0.05, 0) is 48.6 Å². The Labute approximate surface area is 136 Å². The van der Waals surface area contributed by atoms with E-state index < -0.39 is 0 Å². The van der Waals surface area contributed by atoms with Crippen LogP contribution in [0.15, 0.2) is 60.8 Å². The van der Waals surface area contributed by atoms with Crippen molar-refractivity contribution < 1.29 is 5.11 Å². The maximum Gasteiger partial charge on any atom is 0.200 e. The van der Waals surface area contributed by atoms with Gasteiger partial charge in [-0.3, -0.25) is 14.6 Å². The molecule has 0 spiro atoms. The minimum atomic E-state index is 0.183. The number of aromatic amines is 1. The van der Waals surface area contributed by atoms with Crippen molar-refractivity contribution in [2.24, 2.45) is 0 Å². The number of phenolic OH excluding ortho intramolecular Hbond substituents is 1. The van der Waals surface area contributed by atoms with Crippen LogP contribution in [0, 0.1) is 4.77 Å². The second kappa shape index (κ2) is 5.33. The van der Waals surface area contributed by atoms with Crippen molar-refractivity contribution in [3.8, 4) is 22.8 Å². The molecule has 112 valence electrons. The van der Waals surface area contributed by atoms with Crippen LogP contribution < -0.4 is 0 Å². The molecule has 0 aliphatic heterocycles. The summed E-state index contributed by atoms with van der Waals surface area (Å²) in [5.74, 6) is 0.824. The van der Waals surface area contributed by atoms with Crippen molar-refractivity contribution in [2.75, 3.05) is 0 Å². The van der Waals surface area contributed by atoms with Gasteiger partial charge in [-0.1, -0.05) is 18.2 Å². The van der Waals surface area contributed by atoms with Gasteiger partial charge in [0.15, 0.2) is 10.6 Å². The molecule has 0 saturated heterocycles. The number of hydrogen-bond donors (Lipinski definition) is 2. The third-order valence-electron chi connectivity index (χ3n) is 3.64. The van der Waals surface area contributed by atoms with Crippen molar-refractivity contribution in [3.05, 3.63) is 65.6 Å². The van der Waals surface area contributed by atoms with Gasteiger partial charge >= 0.3 is 0 Å². The smallest absolute Gasteiger partial charge is 0.200 e. The predicted molar refractivity (Wildman–Crippen MR) is 91.2 cm³/mol. The number of benzene rings is 2. The second-order valence-electron chi connectivity index (χ2n) is 5.09. The third-order valence-corrected chi connectivity index (χ3v) is 3.91. The standard InChI is InChI=1S/C17H12N4OS/c22-12-5-1-4-11(10-12)16-19-20-17(23)21(16)15-8-2-7-14-13(15)6-3-9-18-14/h1-10,22H,(H,20,23). The summed E-state index contributed by atoms with van der Waals surface area (Å²) in [7, 11) is 0. The zero-order valence-corrected chi connectivity index (χ0v) is 12.8. The van der Waals surface area contributed by atoms with Gasteiger partial charge in [0.05, 0.1) is 11.2 Å². The molecule has 23 heavy (non-hydrogen) atoms. The fourth-order valence-corrected chi connectivity index (χ4v) is 2.87. The van der Waals surface area contributed by atoms with Crippen LogP contribution in [0.3, 0.4) is 0 Å². The fraction of sp³-hybridized carbons (Fsp3) is 0. The highest BCUT2D eigenvalue weighted by atomic mass is 32.1. The molecule has 0 saturated carbocycles. The molecule has 2 aromatic heterocycles. The molecule has 0 atom stereocenters. The minimum absolute atomic E-state index is 0.183. The van der Waals surface area contributed by atoms with E-state index >= 15 is 0 Å². The molecule has 0 fully saturated rings. The Morgan fingerprint density at radius 3 is 2.78 bits per heavy atom. The second-order valence-corrected chi connectivity index (χ2v) is 5.47. The number of phenols is 1. The van der Waals surface area contributed by atoms with Crippen LogP contribution in [0.4, 0.5) is 0 Å². The first-order valence-corrected chi connectivity index (χ1v) is 7.46. The van der Waals surface area contributed by atoms with Gasteiger partial charge in [0.25, 0.3) is 0 Å². The molecule has 0 aliphatic carbocycles. The maximum atomic E-state index is 9.73. The summed E-state index contributed by atoms with van der Waals surface area (Å²) < 4.78 is 2.34. The van der Waals surface area contributed by atoms with Crippen molar-refractivity contribution in [1.29, 1.82) is 0 Å². The van der Waals surface area contributed by atoms with E-state index in [1.54, 1.807) is 24.4 Å². The minimum Gasteiger partial charge on any atom is -0.508 e. The summed E-state index contributed by atoms with van der Waals surface area (Å²) in [4.78, 5) is 4.38. The molecule has 5 nitrogen and oxygen atoms in total. The predicted octanol–water partition coefficient (Wildman–Crippen LogP) is 3.85. The Hall–Kier alpha value is -2.99. The summed E-state index contributed by atoms with van der Waals surface area (Å²) in [6, 6.07) is 16.7. The quantitative estimate of drug-likeness (QED) is 0.551. The SMILES string of the molecule is Oc1cccc(-c2n[nH]c(=S)n2-c2cccc3ncccc23)c1. The van der Waals surface area contributed by atoms with E-state index in [2.05, 4.69) is 15.2 Å². The first-order valence-electron chi connectivity index (χ1n) is 7.05. The van der Waals surface area contributed by atoms with E-state index in [0.717, 1.165) is 22.2 Å². The van der Waals surface area contributed by atoms with Gasteiger partial charge in [-0.15, -0.1) is 0 Å². The van der Waals surface area contributed by atoms with E-state index in [1.807, 2.05) is 41.0 Å². The van der Waals surface area contributed by atoms with E-state index in [-0.39, 0.29) is 5.75 Å². The lowest BCUT2D eigenvalue weighted by Gasteiger charge is -2.10. The number of hydrogen-bond acceptors (Lipinski definition) is 4. The van der Waals surface area contributed by atoms with E-state index in [4.69, 9.17) is 12.2 Å². The lowest BCUT2D eigenvalue weighted by molar-refractivity contribution is 0.475. The van der Waals surface area contributed by atoms with Gasteiger partial charge in [0.2, 0.25) is 0 Å². The molecule has 0 amide bonds. The van der Waals surface area contributed by atoms with Crippen LogP contribution in [0.1, 0.15) is 0 Å². The lowest BCUT2D eigenvalue weighted by atomic mass is 10.1. The molecule has 6 heteroatoms. The van der Waals surface area contributed by atoms with Crippen LogP contribution in [0.25, 0.3) is 28.0 Å². The molecule has 2 aromatic carbocycles. The van der Waals surface area contributed by atoms with E-state index in [9.17, 15) is 5.11 Å². The highest BCUT2D eigenvalue weighted by Gasteiger charge is 2.13. The number of pyridine rings is 1. The molecule has 2 N–H and O–H groups in total. The number of nitrogens with zero attached hydrogens (tertiary/aromatic N) is 3. The molecule has 4 rings (SSSR count). The molecule has 0 radical (unpaired) electrons. The summed E-state index contributed by atoms with van der Waals surface area (Å²) >= 11 is 5.41. The van der Waals surface area contributed by atoms with Crippen molar-refractivity contribution in [3.63, 3.8) is 0 Å². The normalized spacial score (nSPS) is 11.0. The third kappa shape index (κ3) is 2.29. The maximum absolute atomic E-state index is 9.73. The van der Waals surface area contributed by atoms with Crippen molar-refractivity contribution in [2.45, 2.75) is 0 Å². The number of fused-ring (bicyclic) bond motifs is 1. The number of nitrogens with one attached hydrogen (secondary N) is 1. The molecule has 0 aliphatic rings.